The van der Waals surface area contributed by atoms with Crippen molar-refractivity contribution in [3.05, 3.63) is 41.5 Å². The first-order chi connectivity index (χ1) is 7.92. The molecular formula is C15H19NO. The molecule has 0 spiro atoms. The zero-order valence-corrected chi connectivity index (χ0v) is 10.9. The summed E-state index contributed by atoms with van der Waals surface area (Å²) in [7, 11) is 3.57. The first kappa shape index (κ1) is 11.9. The minimum absolute atomic E-state index is 0.0625. The largest absolute Gasteiger partial charge is 0.345 e. The number of rotatable bonds is 1. The van der Waals surface area contributed by atoms with E-state index in [1.807, 2.05) is 6.07 Å². The van der Waals surface area contributed by atoms with Crippen molar-refractivity contribution >= 4 is 11.5 Å². The smallest absolute Gasteiger partial charge is 0.246 e. The number of nitrogens with zero attached hydrogens (tertiary/aromatic N) is 1. The number of carbonyl (C=O) groups is 1. The van der Waals surface area contributed by atoms with Gasteiger partial charge in [0.2, 0.25) is 5.91 Å². The van der Waals surface area contributed by atoms with Crippen LogP contribution in [-0.4, -0.2) is 24.9 Å². The molecule has 0 atom stereocenters. The molecule has 1 amide bonds. The van der Waals surface area contributed by atoms with Gasteiger partial charge in [-0.2, -0.15) is 0 Å². The normalized spacial score (nSPS) is 19.2. The quantitative estimate of drug-likeness (QED) is 0.678. The molecule has 1 aromatic rings. The molecule has 0 fully saturated rings. The topological polar surface area (TPSA) is 20.3 Å². The molecule has 0 saturated heterocycles. The average Bonchev–Trinajstić information content (AvgIpc) is 2.51. The average molecular weight is 229 g/mol. The lowest BCUT2D eigenvalue weighted by Crippen LogP contribution is -2.19. The molecule has 0 bridgehead atoms. The Morgan fingerprint density at radius 3 is 2.59 bits per heavy atom. The summed E-state index contributed by atoms with van der Waals surface area (Å²) in [4.78, 5) is 13.4. The highest BCUT2D eigenvalue weighted by molar-refractivity contribution is 5.96. The van der Waals surface area contributed by atoms with E-state index in [2.05, 4.69) is 32.0 Å². The molecule has 0 aliphatic heterocycles. The van der Waals surface area contributed by atoms with E-state index in [1.54, 1.807) is 25.1 Å². The number of carbonyl (C=O) groups excluding carboxylic acids is 1. The van der Waals surface area contributed by atoms with Crippen LogP contribution in [0.25, 0.3) is 5.57 Å². The van der Waals surface area contributed by atoms with E-state index >= 15 is 0 Å². The standard InChI is InChI=1S/C15H19NO/c1-15(2)10-11(9-14(17)16(3)4)12-7-5-6-8-13(12)15/h5-9H,10H2,1-4H3. The molecule has 0 radical (unpaired) electrons. The number of benzene rings is 1. The molecule has 2 nitrogen and oxygen atoms in total. The van der Waals surface area contributed by atoms with Gasteiger partial charge in [0.1, 0.15) is 0 Å². The van der Waals surface area contributed by atoms with Gasteiger partial charge in [-0.05, 0) is 28.5 Å². The van der Waals surface area contributed by atoms with Crippen molar-refractivity contribution in [2.45, 2.75) is 25.7 Å². The Morgan fingerprint density at radius 2 is 1.94 bits per heavy atom. The third-order valence-corrected chi connectivity index (χ3v) is 3.37. The highest BCUT2D eigenvalue weighted by Crippen LogP contribution is 2.44. The van der Waals surface area contributed by atoms with Crippen LogP contribution in [-0.2, 0) is 10.2 Å². The van der Waals surface area contributed by atoms with Gasteiger partial charge in [0.05, 0.1) is 0 Å². The van der Waals surface area contributed by atoms with E-state index in [-0.39, 0.29) is 11.3 Å². The number of amides is 1. The predicted octanol–water partition coefficient (Wildman–Crippen LogP) is 2.84. The van der Waals surface area contributed by atoms with E-state index < -0.39 is 0 Å². The summed E-state index contributed by atoms with van der Waals surface area (Å²) in [5.41, 5.74) is 3.87. The van der Waals surface area contributed by atoms with Gasteiger partial charge in [0.25, 0.3) is 0 Å². The van der Waals surface area contributed by atoms with Crippen molar-refractivity contribution < 1.29 is 4.79 Å². The van der Waals surface area contributed by atoms with E-state index in [9.17, 15) is 4.79 Å². The van der Waals surface area contributed by atoms with Crippen molar-refractivity contribution in [3.63, 3.8) is 0 Å². The summed E-state index contributed by atoms with van der Waals surface area (Å²) in [6.45, 7) is 4.46. The predicted molar refractivity (Wildman–Crippen MR) is 70.8 cm³/mol. The zero-order chi connectivity index (χ0) is 12.6. The second-order valence-electron chi connectivity index (χ2n) is 5.51. The van der Waals surface area contributed by atoms with E-state index in [0.29, 0.717) is 0 Å². The van der Waals surface area contributed by atoms with Gasteiger partial charge in [-0.25, -0.2) is 0 Å². The van der Waals surface area contributed by atoms with Gasteiger partial charge in [-0.3, -0.25) is 4.79 Å². The summed E-state index contributed by atoms with van der Waals surface area (Å²) in [5, 5.41) is 0. The van der Waals surface area contributed by atoms with E-state index in [0.717, 1.165) is 12.0 Å². The van der Waals surface area contributed by atoms with Gasteiger partial charge in [-0.15, -0.1) is 0 Å². The maximum atomic E-state index is 11.8. The molecule has 0 unspecified atom stereocenters. The van der Waals surface area contributed by atoms with Gasteiger partial charge >= 0.3 is 0 Å². The Morgan fingerprint density at radius 1 is 1.29 bits per heavy atom. The summed E-state index contributed by atoms with van der Waals surface area (Å²) >= 11 is 0. The van der Waals surface area contributed by atoms with Gasteiger partial charge in [0, 0.05) is 20.2 Å². The Labute approximate surface area is 103 Å². The Balaban J connectivity index is 2.45. The number of fused-ring (bicyclic) bond motifs is 1. The van der Waals surface area contributed by atoms with Crippen LogP contribution in [0.3, 0.4) is 0 Å². The SMILES string of the molecule is CN(C)C(=O)C=C1CC(C)(C)c2ccccc21. The van der Waals surface area contributed by atoms with Gasteiger partial charge in [0.15, 0.2) is 0 Å². The molecule has 2 rings (SSSR count). The highest BCUT2D eigenvalue weighted by Gasteiger charge is 2.32. The number of likely N-dealkylation sites (N-methyl/N-ethyl adjacent to an activating group) is 1. The van der Waals surface area contributed by atoms with E-state index in [1.165, 1.54) is 11.1 Å². The number of hydrogen-bond acceptors (Lipinski definition) is 1. The molecule has 17 heavy (non-hydrogen) atoms. The molecular weight excluding hydrogens is 210 g/mol. The van der Waals surface area contributed by atoms with Crippen LogP contribution in [0.5, 0.6) is 0 Å². The molecule has 2 heteroatoms. The van der Waals surface area contributed by atoms with Crippen LogP contribution < -0.4 is 0 Å². The molecule has 1 aromatic carbocycles. The fraction of sp³-hybridized carbons (Fsp3) is 0.400. The van der Waals surface area contributed by atoms with Crippen LogP contribution in [0.1, 0.15) is 31.4 Å². The molecule has 90 valence electrons. The minimum Gasteiger partial charge on any atom is -0.345 e. The van der Waals surface area contributed by atoms with Crippen molar-refractivity contribution in [1.29, 1.82) is 0 Å². The van der Waals surface area contributed by atoms with Crippen LogP contribution in [0.15, 0.2) is 30.3 Å². The first-order valence-electron chi connectivity index (χ1n) is 5.93. The summed E-state index contributed by atoms with van der Waals surface area (Å²) in [6, 6.07) is 8.38. The van der Waals surface area contributed by atoms with Crippen LogP contribution in [0, 0.1) is 0 Å². The summed E-state index contributed by atoms with van der Waals surface area (Å²) in [5.74, 6) is 0.0625. The van der Waals surface area contributed by atoms with E-state index in [4.69, 9.17) is 0 Å². The van der Waals surface area contributed by atoms with Crippen molar-refractivity contribution in [3.8, 4) is 0 Å². The maximum Gasteiger partial charge on any atom is 0.246 e. The maximum absolute atomic E-state index is 11.8. The van der Waals surface area contributed by atoms with Gasteiger partial charge < -0.3 is 4.90 Å². The molecule has 1 aliphatic rings. The monoisotopic (exact) mass is 229 g/mol. The lowest BCUT2D eigenvalue weighted by Gasteiger charge is -2.17. The molecule has 0 saturated carbocycles. The van der Waals surface area contributed by atoms with Crippen LogP contribution in [0.2, 0.25) is 0 Å². The van der Waals surface area contributed by atoms with Crippen molar-refractivity contribution in [1.82, 2.24) is 4.90 Å². The lowest BCUT2D eigenvalue weighted by molar-refractivity contribution is -0.123. The summed E-state index contributed by atoms with van der Waals surface area (Å²) in [6.07, 6.45) is 2.71. The van der Waals surface area contributed by atoms with Crippen LogP contribution in [0.4, 0.5) is 0 Å². The summed E-state index contributed by atoms with van der Waals surface area (Å²) < 4.78 is 0. The first-order valence-corrected chi connectivity index (χ1v) is 5.93. The molecule has 0 aromatic heterocycles. The Hall–Kier alpha value is -1.57. The fourth-order valence-electron chi connectivity index (χ4n) is 2.43. The Kier molecular flexibility index (Phi) is 2.82. The lowest BCUT2D eigenvalue weighted by atomic mass is 9.86. The van der Waals surface area contributed by atoms with Crippen molar-refractivity contribution in [2.24, 2.45) is 0 Å². The number of hydrogen-bond donors (Lipinski definition) is 0. The Bertz CT molecular complexity index is 483. The molecule has 1 aliphatic carbocycles. The molecule has 0 N–H and O–H groups in total. The zero-order valence-electron chi connectivity index (χ0n) is 10.9. The third kappa shape index (κ3) is 2.12. The second kappa shape index (κ2) is 4.02. The third-order valence-electron chi connectivity index (χ3n) is 3.37. The van der Waals surface area contributed by atoms with Gasteiger partial charge in [-0.1, -0.05) is 38.1 Å². The number of allylic oxidation sites excluding steroid dienone is 1. The second-order valence-corrected chi connectivity index (χ2v) is 5.51. The minimum atomic E-state index is 0.0625. The highest BCUT2D eigenvalue weighted by atomic mass is 16.2. The van der Waals surface area contributed by atoms with Crippen molar-refractivity contribution in [2.75, 3.05) is 14.1 Å². The fourth-order valence-corrected chi connectivity index (χ4v) is 2.43. The molecule has 0 heterocycles. The van der Waals surface area contributed by atoms with Crippen LogP contribution >= 0.6 is 0 Å².